The van der Waals surface area contributed by atoms with Gasteiger partial charge in [-0.25, -0.2) is 13.8 Å². The van der Waals surface area contributed by atoms with E-state index in [1.807, 2.05) is 6.07 Å². The van der Waals surface area contributed by atoms with Crippen LogP contribution in [0.3, 0.4) is 0 Å². The summed E-state index contributed by atoms with van der Waals surface area (Å²) in [7, 11) is 0. The lowest BCUT2D eigenvalue weighted by atomic mass is 9.77. The molecule has 4 heteroatoms. The number of halogens is 3. The zero-order valence-corrected chi connectivity index (χ0v) is 8.39. The fraction of sp³-hybridized carbons (Fsp3) is 0.444. The molecule has 0 spiro atoms. The molecule has 0 N–H and O–H groups in total. The molecule has 0 atom stereocenters. The van der Waals surface area contributed by atoms with Crippen molar-refractivity contribution in [3.8, 4) is 0 Å². The van der Waals surface area contributed by atoms with Gasteiger partial charge in [0.25, 0.3) is 0 Å². The largest absolute Gasteiger partial charge is 0.249 e. The summed E-state index contributed by atoms with van der Waals surface area (Å²) in [6, 6.07) is 3.63. The van der Waals surface area contributed by atoms with Crippen LogP contribution in [0, 0.1) is 0 Å². The third kappa shape index (κ3) is 1.88. The molecule has 0 bridgehead atoms. The normalized spacial score (nSPS) is 21.2. The Morgan fingerprint density at radius 2 is 2.08 bits per heavy atom. The second kappa shape index (κ2) is 3.01. The summed E-state index contributed by atoms with van der Waals surface area (Å²) in [5.41, 5.74) is 0.911. The summed E-state index contributed by atoms with van der Waals surface area (Å²) in [5, 5.41) is 0. The molecular weight excluding hydrogens is 240 g/mol. The minimum absolute atomic E-state index is 0.00407. The number of pyridine rings is 1. The highest BCUT2D eigenvalue weighted by Gasteiger charge is 2.45. The third-order valence-corrected chi connectivity index (χ3v) is 2.78. The van der Waals surface area contributed by atoms with Gasteiger partial charge in [-0.05, 0) is 33.5 Å². The molecule has 1 nitrogen and oxygen atoms in total. The Kier molecular flexibility index (Phi) is 2.10. The fourth-order valence-corrected chi connectivity index (χ4v) is 1.76. The van der Waals surface area contributed by atoms with E-state index >= 15 is 0 Å². The topological polar surface area (TPSA) is 12.9 Å². The van der Waals surface area contributed by atoms with Crippen LogP contribution >= 0.6 is 15.9 Å². The Morgan fingerprint density at radius 3 is 2.54 bits per heavy atom. The highest BCUT2D eigenvalue weighted by molar-refractivity contribution is 9.10. The minimum Gasteiger partial charge on any atom is -0.249 e. The Labute approximate surface area is 83.3 Å². The first-order valence-corrected chi connectivity index (χ1v) is 4.85. The molecule has 13 heavy (non-hydrogen) atoms. The van der Waals surface area contributed by atoms with Crippen LogP contribution in [0.2, 0.25) is 0 Å². The Balaban J connectivity index is 2.08. The molecule has 0 unspecified atom stereocenters. The van der Waals surface area contributed by atoms with Crippen molar-refractivity contribution in [2.45, 2.75) is 24.7 Å². The molecule has 1 aliphatic carbocycles. The summed E-state index contributed by atoms with van der Waals surface area (Å²) in [6.07, 6.45) is 1.59. The Morgan fingerprint density at radius 1 is 1.38 bits per heavy atom. The second-order valence-electron chi connectivity index (χ2n) is 3.38. The summed E-state index contributed by atoms with van der Waals surface area (Å²) >= 11 is 3.20. The van der Waals surface area contributed by atoms with E-state index in [1.54, 1.807) is 12.3 Å². The molecule has 1 aliphatic rings. The molecule has 0 aromatic carbocycles. The van der Waals surface area contributed by atoms with E-state index in [9.17, 15) is 8.78 Å². The first-order chi connectivity index (χ1) is 6.07. The van der Waals surface area contributed by atoms with Crippen molar-refractivity contribution in [1.29, 1.82) is 0 Å². The van der Waals surface area contributed by atoms with Crippen LogP contribution in [0.25, 0.3) is 0 Å². The van der Waals surface area contributed by atoms with Gasteiger partial charge in [0.1, 0.15) is 4.60 Å². The standard InChI is InChI=1S/C9H8BrF2N/c10-8-2-1-6(5-13-8)7-3-9(11,12)4-7/h1-2,5,7H,3-4H2. The van der Waals surface area contributed by atoms with Crippen LogP contribution in [0.5, 0.6) is 0 Å². The maximum absolute atomic E-state index is 12.5. The summed E-state index contributed by atoms with van der Waals surface area (Å²) in [4.78, 5) is 4.00. The number of alkyl halides is 2. The SMILES string of the molecule is FC1(F)CC(c2ccc(Br)nc2)C1. The molecule has 0 radical (unpaired) electrons. The third-order valence-electron chi connectivity index (χ3n) is 2.31. The van der Waals surface area contributed by atoms with E-state index in [0.717, 1.165) is 10.2 Å². The average molecular weight is 248 g/mol. The quantitative estimate of drug-likeness (QED) is 0.694. The van der Waals surface area contributed by atoms with Crippen molar-refractivity contribution in [2.75, 3.05) is 0 Å². The predicted molar refractivity (Wildman–Crippen MR) is 48.9 cm³/mol. The van der Waals surface area contributed by atoms with E-state index in [2.05, 4.69) is 20.9 Å². The zero-order chi connectivity index (χ0) is 9.47. The monoisotopic (exact) mass is 247 g/mol. The number of hydrogen-bond acceptors (Lipinski definition) is 1. The Hall–Kier alpha value is -0.510. The van der Waals surface area contributed by atoms with Crippen LogP contribution in [0.15, 0.2) is 22.9 Å². The fourth-order valence-electron chi connectivity index (χ4n) is 1.53. The lowest BCUT2D eigenvalue weighted by Gasteiger charge is -2.34. The lowest BCUT2D eigenvalue weighted by molar-refractivity contribution is -0.0868. The van der Waals surface area contributed by atoms with Gasteiger partial charge in [-0.3, -0.25) is 0 Å². The van der Waals surface area contributed by atoms with Gasteiger partial charge in [-0.1, -0.05) is 6.07 Å². The smallest absolute Gasteiger partial charge is 0.249 e. The maximum atomic E-state index is 12.5. The Bertz CT molecular complexity index is 302. The molecule has 1 heterocycles. The second-order valence-corrected chi connectivity index (χ2v) is 4.19. The molecule has 2 rings (SSSR count). The molecule has 0 aliphatic heterocycles. The zero-order valence-electron chi connectivity index (χ0n) is 6.80. The number of nitrogens with zero attached hydrogens (tertiary/aromatic N) is 1. The van der Waals surface area contributed by atoms with E-state index in [-0.39, 0.29) is 18.8 Å². The lowest BCUT2D eigenvalue weighted by Crippen LogP contribution is -2.33. The van der Waals surface area contributed by atoms with Gasteiger partial charge in [-0.2, -0.15) is 0 Å². The molecule has 0 saturated heterocycles. The van der Waals surface area contributed by atoms with Crippen LogP contribution in [0.4, 0.5) is 8.78 Å². The summed E-state index contributed by atoms with van der Waals surface area (Å²) in [5.74, 6) is -2.45. The van der Waals surface area contributed by atoms with Crippen molar-refractivity contribution in [1.82, 2.24) is 4.98 Å². The number of hydrogen-bond donors (Lipinski definition) is 0. The van der Waals surface area contributed by atoms with Crippen molar-refractivity contribution < 1.29 is 8.78 Å². The van der Waals surface area contributed by atoms with Gasteiger partial charge >= 0.3 is 0 Å². The van der Waals surface area contributed by atoms with Crippen molar-refractivity contribution in [3.05, 3.63) is 28.5 Å². The molecule has 1 aromatic rings. The first-order valence-electron chi connectivity index (χ1n) is 4.06. The summed E-state index contributed by atoms with van der Waals surface area (Å²) < 4.78 is 25.8. The van der Waals surface area contributed by atoms with Crippen LogP contribution in [0.1, 0.15) is 24.3 Å². The molecular formula is C9H8BrF2N. The van der Waals surface area contributed by atoms with Crippen LogP contribution in [-0.2, 0) is 0 Å². The summed E-state index contributed by atoms with van der Waals surface area (Å²) in [6.45, 7) is 0. The van der Waals surface area contributed by atoms with E-state index in [4.69, 9.17) is 0 Å². The van der Waals surface area contributed by atoms with E-state index in [0.29, 0.717) is 0 Å². The predicted octanol–water partition coefficient (Wildman–Crippen LogP) is 3.36. The van der Waals surface area contributed by atoms with Gasteiger partial charge in [0.2, 0.25) is 5.92 Å². The first kappa shape index (κ1) is 9.06. The molecule has 1 fully saturated rings. The minimum atomic E-state index is -2.45. The van der Waals surface area contributed by atoms with Gasteiger partial charge < -0.3 is 0 Å². The van der Waals surface area contributed by atoms with Crippen molar-refractivity contribution in [2.24, 2.45) is 0 Å². The van der Waals surface area contributed by atoms with E-state index < -0.39 is 5.92 Å². The van der Waals surface area contributed by atoms with Gasteiger partial charge in [0, 0.05) is 19.0 Å². The average Bonchev–Trinajstić information content (AvgIpc) is 2.01. The van der Waals surface area contributed by atoms with E-state index in [1.165, 1.54) is 0 Å². The van der Waals surface area contributed by atoms with Crippen LogP contribution in [-0.4, -0.2) is 10.9 Å². The highest BCUT2D eigenvalue weighted by atomic mass is 79.9. The van der Waals surface area contributed by atoms with Gasteiger partial charge in [-0.15, -0.1) is 0 Å². The van der Waals surface area contributed by atoms with Crippen LogP contribution < -0.4 is 0 Å². The number of rotatable bonds is 1. The highest BCUT2D eigenvalue weighted by Crippen LogP contribution is 2.48. The number of aromatic nitrogens is 1. The van der Waals surface area contributed by atoms with Gasteiger partial charge in [0.15, 0.2) is 0 Å². The molecule has 1 aromatic heterocycles. The van der Waals surface area contributed by atoms with Crippen molar-refractivity contribution in [3.63, 3.8) is 0 Å². The molecule has 1 saturated carbocycles. The maximum Gasteiger partial charge on any atom is 0.249 e. The van der Waals surface area contributed by atoms with Gasteiger partial charge in [0.05, 0.1) is 0 Å². The molecule has 70 valence electrons. The van der Waals surface area contributed by atoms with Crippen molar-refractivity contribution >= 4 is 15.9 Å². The molecule has 0 amide bonds.